The van der Waals surface area contributed by atoms with Gasteiger partial charge in [0.15, 0.2) is 0 Å². The molecule has 1 aromatic carbocycles. The summed E-state index contributed by atoms with van der Waals surface area (Å²) >= 11 is 1.82. The molecule has 0 bridgehead atoms. The van der Waals surface area contributed by atoms with E-state index in [-0.39, 0.29) is 5.91 Å². The average molecular weight is 292 g/mol. The molecule has 1 rings (SSSR count). The molecule has 0 spiro atoms. The van der Waals surface area contributed by atoms with Crippen LogP contribution in [-0.2, 0) is 4.79 Å². The summed E-state index contributed by atoms with van der Waals surface area (Å²) in [5, 5.41) is 2.86. The number of nitrogens with one attached hydrogen (secondary N) is 1. The Morgan fingerprint density at radius 2 is 2.10 bits per heavy atom. The lowest BCUT2D eigenvalue weighted by Crippen LogP contribution is -2.25. The normalized spacial score (nSPS) is 11.2. The molecule has 110 valence electrons. The third kappa shape index (κ3) is 6.26. The average Bonchev–Trinajstić information content (AvgIpc) is 2.44. The molecule has 0 atom stereocenters. The Morgan fingerprint density at radius 1 is 1.35 bits per heavy atom. The molecule has 1 amide bonds. The number of carbonyl (C=O) groups excluding carboxylic acids is 1. The molecule has 0 heterocycles. The largest absolute Gasteiger partial charge is 0.322 e. The van der Waals surface area contributed by atoms with Crippen molar-refractivity contribution < 1.29 is 4.79 Å². The zero-order valence-electron chi connectivity index (χ0n) is 12.6. The van der Waals surface area contributed by atoms with E-state index in [2.05, 4.69) is 30.1 Å². The quantitative estimate of drug-likeness (QED) is 0.586. The smallest absolute Gasteiger partial charge is 0.248 e. The number of hydrogen-bond acceptors (Lipinski definition) is 3. The van der Waals surface area contributed by atoms with Crippen LogP contribution >= 0.6 is 11.8 Å². The van der Waals surface area contributed by atoms with Gasteiger partial charge < -0.3 is 10.2 Å². The number of benzene rings is 1. The van der Waals surface area contributed by atoms with Crippen molar-refractivity contribution in [3.05, 3.63) is 36.4 Å². The highest BCUT2D eigenvalue weighted by Crippen LogP contribution is 2.21. The van der Waals surface area contributed by atoms with Crippen LogP contribution in [0.3, 0.4) is 0 Å². The first-order chi connectivity index (χ1) is 9.69. The van der Waals surface area contributed by atoms with Gasteiger partial charge in [-0.05, 0) is 44.3 Å². The second-order valence-corrected chi connectivity index (χ2v) is 5.56. The standard InChI is InChI=1S/C16H24N2OS/c1-4-8-16(19)17-14-9-7-10-15(13-14)20-12-11-18(5-2)6-3/h4,7-10,13H,5-6,11-12H2,1-3H3,(H,17,19)/b8-4+. The lowest BCUT2D eigenvalue weighted by Gasteiger charge is -2.17. The molecule has 20 heavy (non-hydrogen) atoms. The summed E-state index contributed by atoms with van der Waals surface area (Å²) in [7, 11) is 0. The van der Waals surface area contributed by atoms with Crippen LogP contribution in [0, 0.1) is 0 Å². The van der Waals surface area contributed by atoms with Gasteiger partial charge in [-0.25, -0.2) is 0 Å². The van der Waals surface area contributed by atoms with Gasteiger partial charge in [0.25, 0.3) is 0 Å². The third-order valence-electron chi connectivity index (χ3n) is 2.99. The van der Waals surface area contributed by atoms with Gasteiger partial charge in [0.05, 0.1) is 0 Å². The SMILES string of the molecule is C/C=C/C(=O)Nc1cccc(SCCN(CC)CC)c1. The Balaban J connectivity index is 2.49. The lowest BCUT2D eigenvalue weighted by molar-refractivity contribution is -0.111. The molecule has 1 N–H and O–H groups in total. The monoisotopic (exact) mass is 292 g/mol. The molecular formula is C16H24N2OS. The number of amides is 1. The Kier molecular flexibility index (Phi) is 8.07. The summed E-state index contributed by atoms with van der Waals surface area (Å²) in [5.41, 5.74) is 0.848. The van der Waals surface area contributed by atoms with Crippen LogP contribution in [0.4, 0.5) is 5.69 Å². The minimum Gasteiger partial charge on any atom is -0.322 e. The molecule has 0 aromatic heterocycles. The van der Waals surface area contributed by atoms with Gasteiger partial charge in [-0.2, -0.15) is 0 Å². The van der Waals surface area contributed by atoms with Crippen LogP contribution in [0.25, 0.3) is 0 Å². The molecular weight excluding hydrogens is 268 g/mol. The maximum atomic E-state index is 11.5. The van der Waals surface area contributed by atoms with Crippen molar-refractivity contribution in [2.75, 3.05) is 30.7 Å². The van der Waals surface area contributed by atoms with Crippen LogP contribution in [0.5, 0.6) is 0 Å². The minimum absolute atomic E-state index is 0.0854. The van der Waals surface area contributed by atoms with Crippen molar-refractivity contribution >= 4 is 23.4 Å². The number of thioether (sulfide) groups is 1. The number of allylic oxidation sites excluding steroid dienone is 1. The topological polar surface area (TPSA) is 32.3 Å². The fraction of sp³-hybridized carbons (Fsp3) is 0.438. The number of hydrogen-bond donors (Lipinski definition) is 1. The molecule has 3 nitrogen and oxygen atoms in total. The maximum Gasteiger partial charge on any atom is 0.248 e. The first-order valence-corrected chi connectivity index (χ1v) is 8.07. The predicted octanol–water partition coefficient (Wildman–Crippen LogP) is 3.64. The summed E-state index contributed by atoms with van der Waals surface area (Å²) in [4.78, 5) is 15.1. The number of carbonyl (C=O) groups is 1. The maximum absolute atomic E-state index is 11.5. The second kappa shape index (κ2) is 9.61. The van der Waals surface area contributed by atoms with E-state index in [4.69, 9.17) is 0 Å². The molecule has 0 aliphatic rings. The van der Waals surface area contributed by atoms with Gasteiger partial charge in [-0.3, -0.25) is 4.79 Å². The van der Waals surface area contributed by atoms with E-state index in [9.17, 15) is 4.79 Å². The Labute approximate surface area is 126 Å². The predicted molar refractivity (Wildman–Crippen MR) is 88.4 cm³/mol. The zero-order valence-corrected chi connectivity index (χ0v) is 13.4. The van der Waals surface area contributed by atoms with Crippen molar-refractivity contribution in [2.45, 2.75) is 25.7 Å². The summed E-state index contributed by atoms with van der Waals surface area (Å²) in [6, 6.07) is 7.99. The minimum atomic E-state index is -0.0854. The molecule has 0 saturated carbocycles. The fourth-order valence-corrected chi connectivity index (χ4v) is 2.80. The molecule has 1 aromatic rings. The van der Waals surface area contributed by atoms with Gasteiger partial charge in [-0.15, -0.1) is 11.8 Å². The fourth-order valence-electron chi connectivity index (χ4n) is 1.83. The molecule has 0 fully saturated rings. The van der Waals surface area contributed by atoms with Gasteiger partial charge in [0, 0.05) is 22.9 Å². The van der Waals surface area contributed by atoms with Crippen LogP contribution in [0.15, 0.2) is 41.3 Å². The number of rotatable bonds is 8. The van der Waals surface area contributed by atoms with Crippen LogP contribution < -0.4 is 5.32 Å². The molecule has 0 radical (unpaired) electrons. The summed E-state index contributed by atoms with van der Waals surface area (Å²) in [5.74, 6) is 0.978. The van der Waals surface area contributed by atoms with Gasteiger partial charge in [0.1, 0.15) is 0 Å². The van der Waals surface area contributed by atoms with E-state index >= 15 is 0 Å². The van der Waals surface area contributed by atoms with E-state index in [1.807, 2.05) is 36.9 Å². The highest BCUT2D eigenvalue weighted by molar-refractivity contribution is 7.99. The van der Waals surface area contributed by atoms with Crippen molar-refractivity contribution in [1.82, 2.24) is 4.90 Å². The van der Waals surface area contributed by atoms with E-state index < -0.39 is 0 Å². The zero-order chi connectivity index (χ0) is 14.8. The van der Waals surface area contributed by atoms with E-state index in [0.717, 1.165) is 31.1 Å². The first-order valence-electron chi connectivity index (χ1n) is 7.08. The lowest BCUT2D eigenvalue weighted by atomic mass is 10.3. The number of nitrogens with zero attached hydrogens (tertiary/aromatic N) is 1. The highest BCUT2D eigenvalue weighted by atomic mass is 32.2. The highest BCUT2D eigenvalue weighted by Gasteiger charge is 2.02. The van der Waals surface area contributed by atoms with Gasteiger partial charge in [-0.1, -0.05) is 26.0 Å². The van der Waals surface area contributed by atoms with Gasteiger partial charge in [0.2, 0.25) is 5.91 Å². The van der Waals surface area contributed by atoms with E-state index in [1.54, 1.807) is 6.08 Å². The van der Waals surface area contributed by atoms with E-state index in [0.29, 0.717) is 0 Å². The van der Waals surface area contributed by atoms with Crippen molar-refractivity contribution in [3.8, 4) is 0 Å². The van der Waals surface area contributed by atoms with Crippen LogP contribution in [0.1, 0.15) is 20.8 Å². The molecule has 0 aliphatic heterocycles. The molecule has 0 aliphatic carbocycles. The van der Waals surface area contributed by atoms with Crippen molar-refractivity contribution in [1.29, 1.82) is 0 Å². The summed E-state index contributed by atoms with van der Waals surface area (Å²) < 4.78 is 0. The first kappa shape index (κ1) is 16.8. The van der Waals surface area contributed by atoms with Crippen molar-refractivity contribution in [2.24, 2.45) is 0 Å². The second-order valence-electron chi connectivity index (χ2n) is 4.39. The molecule has 4 heteroatoms. The van der Waals surface area contributed by atoms with Gasteiger partial charge >= 0.3 is 0 Å². The van der Waals surface area contributed by atoms with Crippen LogP contribution in [-0.4, -0.2) is 36.2 Å². The Morgan fingerprint density at radius 3 is 2.75 bits per heavy atom. The molecule has 0 unspecified atom stereocenters. The third-order valence-corrected chi connectivity index (χ3v) is 3.96. The summed E-state index contributed by atoms with van der Waals surface area (Å²) in [6.07, 6.45) is 3.26. The van der Waals surface area contributed by atoms with E-state index in [1.165, 1.54) is 11.0 Å². The Bertz CT molecular complexity index is 442. The summed E-state index contributed by atoms with van der Waals surface area (Å²) in [6.45, 7) is 9.48. The Hall–Kier alpha value is -1.26. The van der Waals surface area contributed by atoms with Crippen LogP contribution in [0.2, 0.25) is 0 Å². The van der Waals surface area contributed by atoms with Crippen molar-refractivity contribution in [3.63, 3.8) is 0 Å². The number of anilines is 1. The molecule has 0 saturated heterocycles.